The number of benzene rings is 1. The molecule has 0 fully saturated rings. The van der Waals surface area contributed by atoms with Gasteiger partial charge in [-0.1, -0.05) is 57.0 Å². The molecule has 1 aromatic rings. The molecule has 18 heavy (non-hydrogen) atoms. The molecule has 2 rings (SSSR count). The van der Waals surface area contributed by atoms with Crippen LogP contribution in [-0.4, -0.2) is 0 Å². The first kappa shape index (κ1) is 15.3. The maximum Gasteiger partial charge on any atom is 0.0406 e. The lowest BCUT2D eigenvalue weighted by Crippen LogP contribution is -2.17. The molecular formula is C17H25Cl. The molecule has 0 amide bonds. The lowest BCUT2D eigenvalue weighted by Gasteiger charge is -2.32. The Kier molecular flexibility index (Phi) is 5.47. The highest BCUT2D eigenvalue weighted by Gasteiger charge is 2.25. The van der Waals surface area contributed by atoms with E-state index in [-0.39, 0.29) is 0 Å². The Bertz CT molecular complexity index is 410. The van der Waals surface area contributed by atoms with Crippen molar-refractivity contribution in [2.45, 2.75) is 53.9 Å². The molecule has 1 aliphatic carbocycles. The summed E-state index contributed by atoms with van der Waals surface area (Å²) >= 11 is 5.92. The van der Waals surface area contributed by atoms with Crippen LogP contribution in [0.15, 0.2) is 29.8 Å². The summed E-state index contributed by atoms with van der Waals surface area (Å²) in [7, 11) is 0. The second-order valence-electron chi connectivity index (χ2n) is 5.61. The number of allylic oxidation sites excluding steroid dienone is 2. The van der Waals surface area contributed by atoms with E-state index in [2.05, 4.69) is 32.9 Å². The van der Waals surface area contributed by atoms with Crippen LogP contribution in [-0.2, 0) is 0 Å². The van der Waals surface area contributed by atoms with Crippen molar-refractivity contribution >= 4 is 17.2 Å². The summed E-state index contributed by atoms with van der Waals surface area (Å²) in [4.78, 5) is 0. The van der Waals surface area contributed by atoms with E-state index in [0.717, 1.165) is 5.02 Å². The predicted molar refractivity (Wildman–Crippen MR) is 83.0 cm³/mol. The van der Waals surface area contributed by atoms with Gasteiger partial charge in [0.25, 0.3) is 0 Å². The van der Waals surface area contributed by atoms with E-state index in [9.17, 15) is 0 Å². The van der Waals surface area contributed by atoms with Gasteiger partial charge in [-0.25, -0.2) is 0 Å². The van der Waals surface area contributed by atoms with Crippen molar-refractivity contribution in [1.29, 1.82) is 0 Å². The van der Waals surface area contributed by atoms with Gasteiger partial charge >= 0.3 is 0 Å². The second-order valence-corrected chi connectivity index (χ2v) is 6.04. The molecule has 0 saturated carbocycles. The molecule has 0 unspecified atom stereocenters. The van der Waals surface area contributed by atoms with E-state index in [0.29, 0.717) is 5.41 Å². The molecule has 1 aliphatic rings. The van der Waals surface area contributed by atoms with Crippen LogP contribution in [0.2, 0.25) is 5.02 Å². The first-order valence-electron chi connectivity index (χ1n) is 6.92. The Morgan fingerprint density at radius 1 is 1.06 bits per heavy atom. The summed E-state index contributed by atoms with van der Waals surface area (Å²) in [5.74, 6) is 0. The summed E-state index contributed by atoms with van der Waals surface area (Å²) in [6.07, 6.45) is 3.69. The van der Waals surface area contributed by atoms with Gasteiger partial charge in [0.2, 0.25) is 0 Å². The first-order valence-corrected chi connectivity index (χ1v) is 7.30. The second kappa shape index (κ2) is 6.43. The van der Waals surface area contributed by atoms with Crippen molar-refractivity contribution in [2.75, 3.05) is 0 Å². The van der Waals surface area contributed by atoms with Gasteiger partial charge in [0.15, 0.2) is 0 Å². The van der Waals surface area contributed by atoms with Crippen LogP contribution in [0, 0.1) is 5.41 Å². The number of halogens is 1. The summed E-state index contributed by atoms with van der Waals surface area (Å²) in [6.45, 7) is 11.0. The van der Waals surface area contributed by atoms with Gasteiger partial charge in [-0.3, -0.25) is 0 Å². The lowest BCUT2D eigenvalue weighted by atomic mass is 9.73. The molecule has 0 N–H and O–H groups in total. The maximum atomic E-state index is 5.92. The van der Waals surface area contributed by atoms with E-state index in [1.807, 2.05) is 26.0 Å². The normalized spacial score (nSPS) is 18.1. The van der Waals surface area contributed by atoms with Crippen molar-refractivity contribution in [1.82, 2.24) is 0 Å². The van der Waals surface area contributed by atoms with E-state index in [1.165, 1.54) is 30.4 Å². The smallest absolute Gasteiger partial charge is 0.0406 e. The Labute approximate surface area is 117 Å². The zero-order chi connectivity index (χ0) is 13.8. The average Bonchev–Trinajstić information content (AvgIpc) is 2.32. The van der Waals surface area contributed by atoms with E-state index < -0.39 is 0 Å². The molecule has 0 heterocycles. The minimum absolute atomic E-state index is 0.472. The zero-order valence-corrected chi connectivity index (χ0v) is 13.1. The summed E-state index contributed by atoms with van der Waals surface area (Å²) < 4.78 is 0. The molecule has 0 aliphatic heterocycles. The Balaban J connectivity index is 0.000000771. The standard InChI is InChI=1S/C15H19Cl.C2H6/c1-11-10-15(2,3)9-8-14(11)12-4-6-13(16)7-5-12;1-2/h4-7H,8-10H2,1-3H3;1-2H3. The number of hydrogen-bond donors (Lipinski definition) is 0. The van der Waals surface area contributed by atoms with Gasteiger partial charge in [-0.2, -0.15) is 0 Å². The van der Waals surface area contributed by atoms with Crippen LogP contribution in [0.3, 0.4) is 0 Å². The van der Waals surface area contributed by atoms with Gasteiger partial charge in [-0.05, 0) is 54.9 Å². The lowest BCUT2D eigenvalue weighted by molar-refractivity contribution is 0.325. The van der Waals surface area contributed by atoms with Crippen LogP contribution >= 0.6 is 11.6 Å². The Morgan fingerprint density at radius 2 is 1.61 bits per heavy atom. The summed E-state index contributed by atoms with van der Waals surface area (Å²) in [6, 6.07) is 8.24. The van der Waals surface area contributed by atoms with Crippen molar-refractivity contribution in [3.63, 3.8) is 0 Å². The first-order chi connectivity index (χ1) is 8.48. The third-order valence-electron chi connectivity index (χ3n) is 3.50. The Morgan fingerprint density at radius 3 is 2.11 bits per heavy atom. The Hall–Kier alpha value is -0.750. The van der Waals surface area contributed by atoms with Crippen molar-refractivity contribution in [3.05, 3.63) is 40.4 Å². The molecule has 0 atom stereocenters. The van der Waals surface area contributed by atoms with Crippen molar-refractivity contribution < 1.29 is 0 Å². The third kappa shape index (κ3) is 3.88. The van der Waals surface area contributed by atoms with Crippen LogP contribution in [0.5, 0.6) is 0 Å². The molecule has 0 nitrogen and oxygen atoms in total. The minimum Gasteiger partial charge on any atom is -0.0843 e. The quantitative estimate of drug-likeness (QED) is 0.554. The highest BCUT2D eigenvalue weighted by Crippen LogP contribution is 2.42. The van der Waals surface area contributed by atoms with Gasteiger partial charge in [-0.15, -0.1) is 0 Å². The minimum atomic E-state index is 0.472. The number of rotatable bonds is 1. The molecular weight excluding hydrogens is 240 g/mol. The topological polar surface area (TPSA) is 0 Å². The van der Waals surface area contributed by atoms with Gasteiger partial charge < -0.3 is 0 Å². The predicted octanol–water partition coefficient (Wildman–Crippen LogP) is 6.35. The SMILES string of the molecule is CC.CC1=C(c2ccc(Cl)cc2)CCC(C)(C)C1. The fourth-order valence-corrected chi connectivity index (χ4v) is 2.76. The van der Waals surface area contributed by atoms with Crippen LogP contribution in [0.1, 0.15) is 59.4 Å². The van der Waals surface area contributed by atoms with E-state index >= 15 is 0 Å². The summed E-state index contributed by atoms with van der Waals surface area (Å²) in [5, 5.41) is 0.818. The van der Waals surface area contributed by atoms with Crippen LogP contribution in [0.4, 0.5) is 0 Å². The maximum absolute atomic E-state index is 5.92. The highest BCUT2D eigenvalue weighted by molar-refractivity contribution is 6.30. The van der Waals surface area contributed by atoms with E-state index in [1.54, 1.807) is 5.57 Å². The van der Waals surface area contributed by atoms with Gasteiger partial charge in [0.1, 0.15) is 0 Å². The highest BCUT2D eigenvalue weighted by atomic mass is 35.5. The fourth-order valence-electron chi connectivity index (χ4n) is 2.63. The van der Waals surface area contributed by atoms with Crippen LogP contribution in [0.25, 0.3) is 5.57 Å². The number of hydrogen-bond acceptors (Lipinski definition) is 0. The molecule has 0 saturated heterocycles. The van der Waals surface area contributed by atoms with Gasteiger partial charge in [0.05, 0.1) is 0 Å². The van der Waals surface area contributed by atoms with Gasteiger partial charge in [0, 0.05) is 5.02 Å². The monoisotopic (exact) mass is 264 g/mol. The molecule has 1 aromatic carbocycles. The molecule has 0 spiro atoms. The molecule has 1 heteroatoms. The zero-order valence-electron chi connectivity index (χ0n) is 12.3. The molecule has 100 valence electrons. The van der Waals surface area contributed by atoms with Crippen molar-refractivity contribution in [3.8, 4) is 0 Å². The van der Waals surface area contributed by atoms with Crippen LogP contribution < -0.4 is 0 Å². The molecule has 0 radical (unpaired) electrons. The third-order valence-corrected chi connectivity index (χ3v) is 3.76. The fraction of sp³-hybridized carbons (Fsp3) is 0.529. The largest absolute Gasteiger partial charge is 0.0843 e. The molecule has 0 aromatic heterocycles. The van der Waals surface area contributed by atoms with E-state index in [4.69, 9.17) is 11.6 Å². The molecule has 0 bridgehead atoms. The summed E-state index contributed by atoms with van der Waals surface area (Å²) in [5.41, 5.74) is 4.88. The average molecular weight is 265 g/mol. The van der Waals surface area contributed by atoms with Crippen molar-refractivity contribution in [2.24, 2.45) is 5.41 Å².